The molecule has 1 aliphatic carbocycles. The highest BCUT2D eigenvalue weighted by Gasteiger charge is 2.43. The van der Waals surface area contributed by atoms with Gasteiger partial charge in [-0.3, -0.25) is 4.79 Å². The monoisotopic (exact) mass is 421 g/mol. The topological polar surface area (TPSA) is 40.5 Å². The van der Waals surface area contributed by atoms with E-state index in [1.807, 2.05) is 18.2 Å². The molecule has 7 heteroatoms. The van der Waals surface area contributed by atoms with Crippen LogP contribution in [0.25, 0.3) is 11.1 Å². The molecule has 160 valence electrons. The molecule has 0 spiro atoms. The number of aromatic hydroxyl groups is 1. The Morgan fingerprint density at radius 2 is 1.80 bits per heavy atom. The number of carbonyl (C=O) groups is 1. The smallest absolute Gasteiger partial charge is 0.391 e. The minimum Gasteiger partial charge on any atom is -0.505 e. The number of fused-ring (bicyclic) bond motifs is 1. The van der Waals surface area contributed by atoms with E-state index in [1.165, 1.54) is 12.1 Å². The van der Waals surface area contributed by atoms with Crippen molar-refractivity contribution in [3.63, 3.8) is 0 Å². The average molecular weight is 421 g/mol. The normalized spacial score (nSPS) is 21.9. The molecule has 1 fully saturated rings. The minimum absolute atomic E-state index is 0.0148. The first-order valence-electron chi connectivity index (χ1n) is 10.2. The van der Waals surface area contributed by atoms with Gasteiger partial charge in [-0.1, -0.05) is 24.3 Å². The summed E-state index contributed by atoms with van der Waals surface area (Å²) in [7, 11) is 0. The Morgan fingerprint density at radius 1 is 1.07 bits per heavy atom. The van der Waals surface area contributed by atoms with E-state index in [4.69, 9.17) is 0 Å². The summed E-state index contributed by atoms with van der Waals surface area (Å²) in [5.41, 5.74) is 3.52. The number of hydrogen-bond acceptors (Lipinski definition) is 2. The van der Waals surface area contributed by atoms with Crippen LogP contribution in [0, 0.1) is 17.7 Å². The van der Waals surface area contributed by atoms with E-state index in [-0.39, 0.29) is 37.5 Å². The Kier molecular flexibility index (Phi) is 5.47. The zero-order chi connectivity index (χ0) is 21.5. The van der Waals surface area contributed by atoms with E-state index in [9.17, 15) is 27.5 Å². The number of hydrogen-bond donors (Lipinski definition) is 1. The third-order valence-electron chi connectivity index (χ3n) is 6.38. The van der Waals surface area contributed by atoms with E-state index in [0.29, 0.717) is 25.1 Å². The fourth-order valence-electron chi connectivity index (χ4n) is 4.67. The van der Waals surface area contributed by atoms with Crippen LogP contribution in [0.15, 0.2) is 36.4 Å². The molecule has 0 unspecified atom stereocenters. The van der Waals surface area contributed by atoms with Gasteiger partial charge in [0.1, 0.15) is 0 Å². The molecule has 2 aromatic rings. The third-order valence-corrected chi connectivity index (χ3v) is 6.38. The Bertz CT molecular complexity index is 949. The Balaban J connectivity index is 1.48. The first kappa shape index (κ1) is 20.7. The number of halogens is 4. The van der Waals surface area contributed by atoms with Crippen LogP contribution in [-0.2, 0) is 17.8 Å². The molecule has 1 saturated carbocycles. The number of alkyl halides is 3. The molecule has 30 heavy (non-hydrogen) atoms. The molecule has 1 amide bonds. The number of nitrogens with zero attached hydrogens (tertiary/aromatic N) is 1. The number of benzene rings is 2. The SMILES string of the molecule is O=C(C1CCC(C(F)(F)F)CC1)N1CCc2c(cccc2-c2ccc(O)c(F)c2)C1. The van der Waals surface area contributed by atoms with Gasteiger partial charge in [0.2, 0.25) is 5.91 Å². The van der Waals surface area contributed by atoms with Crippen molar-refractivity contribution in [1.29, 1.82) is 0 Å². The fourth-order valence-corrected chi connectivity index (χ4v) is 4.67. The molecule has 0 atom stereocenters. The van der Waals surface area contributed by atoms with Gasteiger partial charge in [0, 0.05) is 19.0 Å². The second-order valence-electron chi connectivity index (χ2n) is 8.21. The highest BCUT2D eigenvalue weighted by atomic mass is 19.4. The maximum atomic E-state index is 13.8. The van der Waals surface area contributed by atoms with Crippen molar-refractivity contribution in [2.24, 2.45) is 11.8 Å². The minimum atomic E-state index is -4.18. The fraction of sp³-hybridized carbons (Fsp3) is 0.435. The van der Waals surface area contributed by atoms with Crippen LogP contribution in [0.2, 0.25) is 0 Å². The summed E-state index contributed by atoms with van der Waals surface area (Å²) in [6.07, 6.45) is -3.00. The molecule has 2 aliphatic rings. The average Bonchev–Trinajstić information content (AvgIpc) is 2.74. The molecule has 1 aliphatic heterocycles. The molecule has 0 bridgehead atoms. The highest BCUT2D eigenvalue weighted by Crippen LogP contribution is 2.40. The first-order chi connectivity index (χ1) is 14.2. The van der Waals surface area contributed by atoms with Gasteiger partial charge in [0.05, 0.1) is 5.92 Å². The molecule has 0 aromatic heterocycles. The molecular weight excluding hydrogens is 398 g/mol. The van der Waals surface area contributed by atoms with Crippen LogP contribution in [0.5, 0.6) is 5.75 Å². The number of phenols is 1. The Hall–Kier alpha value is -2.57. The number of carbonyl (C=O) groups excluding carboxylic acids is 1. The Labute approximate surface area is 172 Å². The number of rotatable bonds is 2. The summed E-state index contributed by atoms with van der Waals surface area (Å²) in [5.74, 6) is -2.80. The van der Waals surface area contributed by atoms with Crippen LogP contribution in [0.1, 0.15) is 36.8 Å². The summed E-state index contributed by atoms with van der Waals surface area (Å²) in [4.78, 5) is 14.7. The molecule has 1 heterocycles. The van der Waals surface area contributed by atoms with Crippen molar-refractivity contribution >= 4 is 5.91 Å². The van der Waals surface area contributed by atoms with Crippen molar-refractivity contribution in [2.45, 2.75) is 44.8 Å². The van der Waals surface area contributed by atoms with E-state index < -0.39 is 23.7 Å². The molecule has 1 N–H and O–H groups in total. The van der Waals surface area contributed by atoms with Crippen LogP contribution in [0.3, 0.4) is 0 Å². The van der Waals surface area contributed by atoms with Crippen molar-refractivity contribution in [2.75, 3.05) is 6.54 Å². The second-order valence-corrected chi connectivity index (χ2v) is 8.21. The first-order valence-corrected chi connectivity index (χ1v) is 10.2. The quantitative estimate of drug-likeness (QED) is 0.655. The van der Waals surface area contributed by atoms with Gasteiger partial charge < -0.3 is 10.0 Å². The van der Waals surface area contributed by atoms with Crippen LogP contribution in [0.4, 0.5) is 17.6 Å². The lowest BCUT2D eigenvalue weighted by molar-refractivity contribution is -0.185. The zero-order valence-corrected chi connectivity index (χ0v) is 16.4. The van der Waals surface area contributed by atoms with Crippen LogP contribution < -0.4 is 0 Å². The van der Waals surface area contributed by atoms with Gasteiger partial charge in [0.15, 0.2) is 11.6 Å². The largest absolute Gasteiger partial charge is 0.505 e. The van der Waals surface area contributed by atoms with Gasteiger partial charge in [-0.25, -0.2) is 4.39 Å². The van der Waals surface area contributed by atoms with Crippen molar-refractivity contribution < 1.29 is 27.5 Å². The van der Waals surface area contributed by atoms with E-state index in [1.54, 1.807) is 11.0 Å². The van der Waals surface area contributed by atoms with Crippen molar-refractivity contribution in [3.8, 4) is 16.9 Å². The van der Waals surface area contributed by atoms with Crippen molar-refractivity contribution in [1.82, 2.24) is 4.90 Å². The van der Waals surface area contributed by atoms with Crippen LogP contribution >= 0.6 is 0 Å². The lowest BCUT2D eigenvalue weighted by atomic mass is 9.80. The lowest BCUT2D eigenvalue weighted by Crippen LogP contribution is -2.41. The van der Waals surface area contributed by atoms with Gasteiger partial charge in [-0.15, -0.1) is 0 Å². The van der Waals surface area contributed by atoms with Gasteiger partial charge in [0.25, 0.3) is 0 Å². The predicted octanol–water partition coefficient (Wildman–Crippen LogP) is 5.45. The molecule has 0 saturated heterocycles. The van der Waals surface area contributed by atoms with E-state index in [2.05, 4.69) is 0 Å². The standard InChI is InChI=1S/C23H23F4NO2/c24-20-12-15(6-9-21(20)29)18-3-1-2-16-13-28(11-10-19(16)18)22(30)14-4-7-17(8-5-14)23(25,26)27/h1-3,6,9,12,14,17,29H,4-5,7-8,10-11,13H2. The highest BCUT2D eigenvalue weighted by molar-refractivity contribution is 5.80. The van der Waals surface area contributed by atoms with E-state index in [0.717, 1.165) is 16.7 Å². The summed E-state index contributed by atoms with van der Waals surface area (Å²) in [5, 5.41) is 9.43. The molecule has 2 aromatic carbocycles. The second kappa shape index (κ2) is 7.93. The van der Waals surface area contributed by atoms with Gasteiger partial charge in [-0.05, 0) is 66.5 Å². The Morgan fingerprint density at radius 3 is 2.47 bits per heavy atom. The summed E-state index contributed by atoms with van der Waals surface area (Å²) < 4.78 is 52.4. The lowest BCUT2D eigenvalue weighted by Gasteiger charge is -2.35. The maximum absolute atomic E-state index is 13.8. The van der Waals surface area contributed by atoms with E-state index >= 15 is 0 Å². The molecule has 4 rings (SSSR count). The maximum Gasteiger partial charge on any atom is 0.391 e. The molecule has 0 radical (unpaired) electrons. The van der Waals surface area contributed by atoms with Crippen LogP contribution in [-0.4, -0.2) is 28.6 Å². The zero-order valence-electron chi connectivity index (χ0n) is 16.4. The van der Waals surface area contributed by atoms with Gasteiger partial charge >= 0.3 is 6.18 Å². The summed E-state index contributed by atoms with van der Waals surface area (Å²) >= 11 is 0. The predicted molar refractivity (Wildman–Crippen MR) is 104 cm³/mol. The number of amides is 1. The number of phenolic OH excluding ortho intramolecular Hbond substituents is 1. The molecular formula is C23H23F4NO2. The van der Waals surface area contributed by atoms with Gasteiger partial charge in [-0.2, -0.15) is 13.2 Å². The molecule has 3 nitrogen and oxygen atoms in total. The third kappa shape index (κ3) is 4.02. The van der Waals surface area contributed by atoms with Crippen molar-refractivity contribution in [3.05, 3.63) is 53.3 Å². The summed E-state index contributed by atoms with van der Waals surface area (Å²) in [6, 6.07) is 9.93. The summed E-state index contributed by atoms with van der Waals surface area (Å²) in [6.45, 7) is 0.893.